The van der Waals surface area contributed by atoms with E-state index in [9.17, 15) is 0 Å². The first-order valence-corrected chi connectivity index (χ1v) is 7.03. The maximum absolute atomic E-state index is 4.56. The number of rotatable bonds is 3. The first-order valence-electron chi connectivity index (χ1n) is 6.22. The van der Waals surface area contributed by atoms with E-state index in [1.54, 1.807) is 11.3 Å². The van der Waals surface area contributed by atoms with Gasteiger partial charge in [0.2, 0.25) is 10.1 Å². The highest BCUT2D eigenvalue weighted by Crippen LogP contribution is 2.23. The molecule has 0 radical (unpaired) electrons. The molecule has 0 N–H and O–H groups in total. The van der Waals surface area contributed by atoms with Crippen LogP contribution in [0, 0.1) is 13.8 Å². The van der Waals surface area contributed by atoms with E-state index in [2.05, 4.69) is 53.2 Å². The minimum Gasteiger partial charge on any atom is -0.345 e. The van der Waals surface area contributed by atoms with E-state index < -0.39 is 0 Å². The van der Waals surface area contributed by atoms with Gasteiger partial charge in [0, 0.05) is 13.6 Å². The third-order valence-corrected chi connectivity index (χ3v) is 4.19. The van der Waals surface area contributed by atoms with Crippen LogP contribution in [0.2, 0.25) is 0 Å². The van der Waals surface area contributed by atoms with Crippen LogP contribution in [0.25, 0.3) is 4.96 Å². The smallest absolute Gasteiger partial charge is 0.214 e. The summed E-state index contributed by atoms with van der Waals surface area (Å²) in [6.07, 6.45) is 1.96. The van der Waals surface area contributed by atoms with Crippen molar-refractivity contribution in [3.63, 3.8) is 0 Å². The van der Waals surface area contributed by atoms with Crippen molar-refractivity contribution in [2.24, 2.45) is 0 Å². The molecule has 0 unspecified atom stereocenters. The van der Waals surface area contributed by atoms with Gasteiger partial charge in [0.15, 0.2) is 0 Å². The molecule has 0 fully saturated rings. The number of fused-ring (bicyclic) bond motifs is 1. The largest absolute Gasteiger partial charge is 0.345 e. The zero-order valence-corrected chi connectivity index (χ0v) is 12.1. The topological polar surface area (TPSA) is 33.4 Å². The highest BCUT2D eigenvalue weighted by Gasteiger charge is 2.11. The molecule has 0 atom stereocenters. The molecular formula is C14H16N4S. The molecule has 5 heteroatoms. The summed E-state index contributed by atoms with van der Waals surface area (Å²) >= 11 is 1.62. The van der Waals surface area contributed by atoms with Gasteiger partial charge in [-0.05, 0) is 25.0 Å². The number of aryl methyl sites for hydroxylation is 2. The zero-order valence-electron chi connectivity index (χ0n) is 11.3. The van der Waals surface area contributed by atoms with E-state index in [1.165, 1.54) is 11.1 Å². The van der Waals surface area contributed by atoms with E-state index in [0.29, 0.717) is 0 Å². The summed E-state index contributed by atoms with van der Waals surface area (Å²) in [4.78, 5) is 7.55. The van der Waals surface area contributed by atoms with E-state index in [-0.39, 0.29) is 0 Å². The van der Waals surface area contributed by atoms with Gasteiger partial charge >= 0.3 is 0 Å². The monoisotopic (exact) mass is 272 g/mol. The molecule has 0 bridgehead atoms. The minimum absolute atomic E-state index is 0.863. The predicted molar refractivity (Wildman–Crippen MR) is 78.9 cm³/mol. The van der Waals surface area contributed by atoms with Gasteiger partial charge in [0.25, 0.3) is 0 Å². The van der Waals surface area contributed by atoms with Crippen LogP contribution in [-0.2, 0) is 6.54 Å². The lowest BCUT2D eigenvalue weighted by Crippen LogP contribution is -2.17. The van der Waals surface area contributed by atoms with Crippen molar-refractivity contribution in [1.29, 1.82) is 0 Å². The van der Waals surface area contributed by atoms with E-state index in [1.807, 2.05) is 17.6 Å². The number of hydrogen-bond acceptors (Lipinski definition) is 4. The highest BCUT2D eigenvalue weighted by atomic mass is 32.1. The fourth-order valence-electron chi connectivity index (χ4n) is 2.06. The standard InChI is InChI=1S/C14H16N4S/c1-10-6-4-5-7-12(10)9-17(3)14-16-18-8-11(2)15-13(18)19-14/h4-8H,9H2,1-3H3. The summed E-state index contributed by atoms with van der Waals surface area (Å²) < 4.78 is 1.85. The molecule has 98 valence electrons. The first-order chi connectivity index (χ1) is 9.13. The third kappa shape index (κ3) is 2.33. The second-order valence-electron chi connectivity index (χ2n) is 4.78. The Morgan fingerprint density at radius 1 is 1.26 bits per heavy atom. The molecule has 0 saturated heterocycles. The number of benzene rings is 1. The zero-order chi connectivity index (χ0) is 13.4. The Morgan fingerprint density at radius 2 is 2.05 bits per heavy atom. The molecule has 0 saturated carbocycles. The summed E-state index contributed by atoms with van der Waals surface area (Å²) in [5, 5.41) is 5.55. The minimum atomic E-state index is 0.863. The van der Waals surface area contributed by atoms with E-state index in [4.69, 9.17) is 0 Å². The molecular weight excluding hydrogens is 256 g/mol. The lowest BCUT2D eigenvalue weighted by molar-refractivity contribution is 0.865. The quantitative estimate of drug-likeness (QED) is 0.735. The Balaban J connectivity index is 1.85. The van der Waals surface area contributed by atoms with Gasteiger partial charge in [-0.3, -0.25) is 0 Å². The third-order valence-electron chi connectivity index (χ3n) is 3.15. The predicted octanol–water partition coefficient (Wildman–Crippen LogP) is 3.04. The normalized spacial score (nSPS) is 11.1. The molecule has 0 aliphatic heterocycles. The average Bonchev–Trinajstić information content (AvgIpc) is 2.89. The maximum Gasteiger partial charge on any atom is 0.214 e. The molecule has 2 heterocycles. The van der Waals surface area contributed by atoms with Gasteiger partial charge in [-0.2, -0.15) is 0 Å². The van der Waals surface area contributed by atoms with Crippen LogP contribution in [-0.4, -0.2) is 21.6 Å². The molecule has 0 amide bonds. The highest BCUT2D eigenvalue weighted by molar-refractivity contribution is 7.20. The van der Waals surface area contributed by atoms with Crippen molar-refractivity contribution < 1.29 is 0 Å². The average molecular weight is 272 g/mol. The number of aromatic nitrogens is 3. The summed E-state index contributed by atoms with van der Waals surface area (Å²) in [6.45, 7) is 4.99. The summed E-state index contributed by atoms with van der Waals surface area (Å²) in [7, 11) is 2.07. The van der Waals surface area contributed by atoms with Crippen molar-refractivity contribution in [3.05, 3.63) is 47.3 Å². The molecule has 3 aromatic rings. The lowest BCUT2D eigenvalue weighted by Gasteiger charge is -2.16. The molecule has 3 rings (SSSR count). The van der Waals surface area contributed by atoms with Gasteiger partial charge in [-0.1, -0.05) is 35.6 Å². The van der Waals surface area contributed by atoms with Crippen LogP contribution in [0.1, 0.15) is 16.8 Å². The van der Waals surface area contributed by atoms with Gasteiger partial charge < -0.3 is 4.90 Å². The molecule has 1 aromatic carbocycles. The SMILES string of the molecule is Cc1cn2nc(N(C)Cc3ccccc3C)sc2n1. The van der Waals surface area contributed by atoms with Crippen LogP contribution in [0.15, 0.2) is 30.5 Å². The Bertz CT molecular complexity index is 682. The number of nitrogens with zero attached hydrogens (tertiary/aromatic N) is 4. The Morgan fingerprint density at radius 3 is 2.79 bits per heavy atom. The number of hydrogen-bond donors (Lipinski definition) is 0. The van der Waals surface area contributed by atoms with Crippen molar-refractivity contribution in [3.8, 4) is 0 Å². The van der Waals surface area contributed by atoms with Crippen molar-refractivity contribution in [2.75, 3.05) is 11.9 Å². The molecule has 0 aliphatic carbocycles. The molecule has 2 aromatic heterocycles. The fraction of sp³-hybridized carbons (Fsp3) is 0.286. The first kappa shape index (κ1) is 12.2. The maximum atomic E-state index is 4.56. The van der Waals surface area contributed by atoms with Crippen LogP contribution in [0.3, 0.4) is 0 Å². The van der Waals surface area contributed by atoms with E-state index in [0.717, 1.165) is 22.3 Å². The van der Waals surface area contributed by atoms with Crippen molar-refractivity contribution >= 4 is 21.4 Å². The second-order valence-corrected chi connectivity index (χ2v) is 5.71. The molecule has 0 aliphatic rings. The Labute approximate surface area is 116 Å². The summed E-state index contributed by atoms with van der Waals surface area (Å²) in [6, 6.07) is 8.45. The summed E-state index contributed by atoms with van der Waals surface area (Å²) in [5.41, 5.74) is 3.65. The van der Waals surface area contributed by atoms with Gasteiger partial charge in [-0.15, -0.1) is 5.10 Å². The summed E-state index contributed by atoms with van der Waals surface area (Å²) in [5.74, 6) is 0. The van der Waals surface area contributed by atoms with Gasteiger partial charge in [0.05, 0.1) is 11.9 Å². The number of anilines is 1. The van der Waals surface area contributed by atoms with Crippen LogP contribution < -0.4 is 4.90 Å². The Kier molecular flexibility index (Phi) is 2.98. The van der Waals surface area contributed by atoms with Crippen LogP contribution >= 0.6 is 11.3 Å². The van der Waals surface area contributed by atoms with Crippen LogP contribution in [0.4, 0.5) is 5.13 Å². The molecule has 19 heavy (non-hydrogen) atoms. The Hall–Kier alpha value is -1.88. The lowest BCUT2D eigenvalue weighted by atomic mass is 10.1. The van der Waals surface area contributed by atoms with E-state index >= 15 is 0 Å². The second kappa shape index (κ2) is 4.66. The molecule has 0 spiro atoms. The number of imidazole rings is 1. The van der Waals surface area contributed by atoms with Crippen LogP contribution in [0.5, 0.6) is 0 Å². The van der Waals surface area contributed by atoms with Gasteiger partial charge in [-0.25, -0.2) is 9.50 Å². The fourth-order valence-corrected chi connectivity index (χ4v) is 2.95. The van der Waals surface area contributed by atoms with Gasteiger partial charge in [0.1, 0.15) is 0 Å². The van der Waals surface area contributed by atoms with Crippen molar-refractivity contribution in [1.82, 2.24) is 14.6 Å². The molecule has 4 nitrogen and oxygen atoms in total. The van der Waals surface area contributed by atoms with Crippen molar-refractivity contribution in [2.45, 2.75) is 20.4 Å².